The molecule has 0 saturated carbocycles. The molecule has 1 atom stereocenters. The number of hydrogen-bond donors (Lipinski definition) is 1. The normalized spacial score (nSPS) is 26.7. The van der Waals surface area contributed by atoms with Crippen LogP contribution in [0.25, 0.3) is 0 Å². The molecule has 1 aliphatic rings. The van der Waals surface area contributed by atoms with E-state index in [0.717, 1.165) is 0 Å². The highest BCUT2D eigenvalue weighted by Gasteiger charge is 2.43. The molecule has 0 spiro atoms. The van der Waals surface area contributed by atoms with Gasteiger partial charge in [0.1, 0.15) is 0 Å². The van der Waals surface area contributed by atoms with E-state index in [1.54, 1.807) is 0 Å². The molecule has 2 nitrogen and oxygen atoms in total. The number of rotatable bonds is 0. The average Bonchev–Trinajstić information content (AvgIpc) is 2.11. The molecule has 10 heavy (non-hydrogen) atoms. The first-order valence-electron chi connectivity index (χ1n) is 2.83. The number of carbonyl (C=O) groups is 1. The molecule has 1 fully saturated rings. The summed E-state index contributed by atoms with van der Waals surface area (Å²) in [5.74, 6) is -1.98. The van der Waals surface area contributed by atoms with E-state index in [4.69, 9.17) is 0 Å². The van der Waals surface area contributed by atoms with Crippen LogP contribution in [0.1, 0.15) is 6.42 Å². The van der Waals surface area contributed by atoms with Gasteiger partial charge in [0.15, 0.2) is 0 Å². The Hall–Kier alpha value is -0.740. The second-order valence-electron chi connectivity index (χ2n) is 2.25. The molecule has 5 heteroatoms. The maximum Gasteiger partial charge on any atom is 0.393 e. The van der Waals surface area contributed by atoms with Crippen molar-refractivity contribution in [1.82, 2.24) is 5.32 Å². The summed E-state index contributed by atoms with van der Waals surface area (Å²) in [6.45, 7) is -0.262. The molecule has 1 saturated heterocycles. The van der Waals surface area contributed by atoms with Crippen molar-refractivity contribution >= 4 is 5.91 Å². The zero-order valence-corrected chi connectivity index (χ0v) is 5.03. The molecule has 1 amide bonds. The van der Waals surface area contributed by atoms with Gasteiger partial charge in [-0.1, -0.05) is 0 Å². The summed E-state index contributed by atoms with van der Waals surface area (Å²) in [6.07, 6.45) is -4.64. The third kappa shape index (κ3) is 1.40. The summed E-state index contributed by atoms with van der Waals surface area (Å²) in [5.41, 5.74) is 0. The molecule has 0 aliphatic carbocycles. The Morgan fingerprint density at radius 1 is 1.50 bits per heavy atom. The Labute approximate surface area is 55.4 Å². The highest BCUT2D eigenvalue weighted by molar-refractivity contribution is 5.78. The summed E-state index contributed by atoms with van der Waals surface area (Å²) in [7, 11) is 0. The standard InChI is InChI=1S/C5H6F3NO/c6-5(7,8)3-1-4(10)9-2-3/h3H,1-2H2,(H,9,10)/t3-/m1/s1. The van der Waals surface area contributed by atoms with Gasteiger partial charge in [-0.05, 0) is 0 Å². The number of carbonyl (C=O) groups excluding carboxylic acids is 1. The minimum absolute atomic E-state index is 0.262. The van der Waals surface area contributed by atoms with Gasteiger partial charge in [0.05, 0.1) is 5.92 Å². The predicted octanol–water partition coefficient (Wildman–Crippen LogP) is 0.685. The lowest BCUT2D eigenvalue weighted by Gasteiger charge is -2.10. The Bertz CT molecular complexity index is 153. The van der Waals surface area contributed by atoms with Gasteiger partial charge in [-0.2, -0.15) is 13.2 Å². The van der Waals surface area contributed by atoms with Crippen LogP contribution in [0.3, 0.4) is 0 Å². The third-order valence-electron chi connectivity index (χ3n) is 1.44. The van der Waals surface area contributed by atoms with Gasteiger partial charge < -0.3 is 5.32 Å². The van der Waals surface area contributed by atoms with Gasteiger partial charge in [0, 0.05) is 13.0 Å². The van der Waals surface area contributed by atoms with Crippen molar-refractivity contribution in [2.75, 3.05) is 6.54 Å². The lowest BCUT2D eigenvalue weighted by molar-refractivity contribution is -0.169. The van der Waals surface area contributed by atoms with Crippen LogP contribution in [0, 0.1) is 5.92 Å². The van der Waals surface area contributed by atoms with Crippen LogP contribution in [0.2, 0.25) is 0 Å². The monoisotopic (exact) mass is 153 g/mol. The highest BCUT2D eigenvalue weighted by Crippen LogP contribution is 2.30. The molecule has 0 aromatic heterocycles. The van der Waals surface area contributed by atoms with E-state index in [-0.39, 0.29) is 6.54 Å². The Morgan fingerprint density at radius 2 is 2.10 bits per heavy atom. The van der Waals surface area contributed by atoms with Crippen molar-refractivity contribution < 1.29 is 18.0 Å². The topological polar surface area (TPSA) is 29.1 Å². The summed E-state index contributed by atoms with van der Waals surface area (Å²) < 4.78 is 35.2. The summed E-state index contributed by atoms with van der Waals surface area (Å²) in [6, 6.07) is 0. The number of nitrogens with one attached hydrogen (secondary N) is 1. The van der Waals surface area contributed by atoms with Crippen LogP contribution >= 0.6 is 0 Å². The fourth-order valence-corrected chi connectivity index (χ4v) is 0.837. The van der Waals surface area contributed by atoms with Crippen LogP contribution in [0.4, 0.5) is 13.2 Å². The maximum atomic E-state index is 11.7. The second-order valence-corrected chi connectivity index (χ2v) is 2.25. The zero-order chi connectivity index (χ0) is 7.78. The smallest absolute Gasteiger partial charge is 0.355 e. The van der Waals surface area contributed by atoms with E-state index in [1.165, 1.54) is 0 Å². The molecular weight excluding hydrogens is 147 g/mol. The summed E-state index contributed by atoms with van der Waals surface area (Å²) in [5, 5.41) is 2.12. The second kappa shape index (κ2) is 2.14. The van der Waals surface area contributed by atoms with Crippen molar-refractivity contribution in [3.05, 3.63) is 0 Å². The fourth-order valence-electron chi connectivity index (χ4n) is 0.837. The van der Waals surface area contributed by atoms with E-state index in [9.17, 15) is 18.0 Å². The first-order chi connectivity index (χ1) is 4.50. The predicted molar refractivity (Wildman–Crippen MR) is 27.2 cm³/mol. The zero-order valence-electron chi connectivity index (χ0n) is 5.03. The Kier molecular flexibility index (Phi) is 1.58. The highest BCUT2D eigenvalue weighted by atomic mass is 19.4. The van der Waals surface area contributed by atoms with E-state index < -0.39 is 24.4 Å². The largest absolute Gasteiger partial charge is 0.393 e. The molecule has 1 aliphatic heterocycles. The number of hydrogen-bond acceptors (Lipinski definition) is 1. The Morgan fingerprint density at radius 3 is 2.30 bits per heavy atom. The lowest BCUT2D eigenvalue weighted by atomic mass is 10.1. The van der Waals surface area contributed by atoms with Gasteiger partial charge in [-0.25, -0.2) is 0 Å². The lowest BCUT2D eigenvalue weighted by Crippen LogP contribution is -2.24. The van der Waals surface area contributed by atoms with E-state index in [0.29, 0.717) is 0 Å². The number of halogens is 3. The SMILES string of the molecule is O=C1C[C@@H](C(F)(F)F)CN1. The minimum Gasteiger partial charge on any atom is -0.355 e. The molecule has 1 rings (SSSR count). The van der Waals surface area contributed by atoms with Crippen LogP contribution in [0.15, 0.2) is 0 Å². The van der Waals surface area contributed by atoms with Crippen molar-refractivity contribution in [3.8, 4) is 0 Å². The molecule has 0 bridgehead atoms. The quantitative estimate of drug-likeness (QED) is 0.544. The number of amides is 1. The van der Waals surface area contributed by atoms with Crippen LogP contribution < -0.4 is 5.32 Å². The Balaban J connectivity index is 2.53. The average molecular weight is 153 g/mol. The number of alkyl halides is 3. The molecule has 0 unspecified atom stereocenters. The first kappa shape index (κ1) is 7.37. The third-order valence-corrected chi connectivity index (χ3v) is 1.44. The van der Waals surface area contributed by atoms with Crippen LogP contribution in [-0.2, 0) is 4.79 Å². The molecule has 0 aromatic carbocycles. The maximum absolute atomic E-state index is 11.7. The molecule has 1 N–H and O–H groups in total. The molecule has 0 radical (unpaired) electrons. The minimum atomic E-state index is -4.22. The van der Waals surface area contributed by atoms with Gasteiger partial charge in [0.25, 0.3) is 0 Å². The molecule has 1 heterocycles. The molecule has 0 aromatic rings. The van der Waals surface area contributed by atoms with Crippen molar-refractivity contribution in [2.24, 2.45) is 5.92 Å². The van der Waals surface area contributed by atoms with Gasteiger partial charge in [-0.15, -0.1) is 0 Å². The summed E-state index contributed by atoms with van der Waals surface area (Å²) in [4.78, 5) is 10.3. The first-order valence-corrected chi connectivity index (χ1v) is 2.83. The summed E-state index contributed by atoms with van der Waals surface area (Å²) >= 11 is 0. The van der Waals surface area contributed by atoms with Crippen molar-refractivity contribution in [1.29, 1.82) is 0 Å². The molecule has 58 valence electrons. The van der Waals surface area contributed by atoms with Crippen molar-refractivity contribution in [3.63, 3.8) is 0 Å². The molecular formula is C5H6F3NO. The fraction of sp³-hybridized carbons (Fsp3) is 0.800. The van der Waals surface area contributed by atoms with E-state index in [1.807, 2.05) is 0 Å². The van der Waals surface area contributed by atoms with E-state index in [2.05, 4.69) is 5.32 Å². The van der Waals surface area contributed by atoms with Gasteiger partial charge in [-0.3, -0.25) is 4.79 Å². The van der Waals surface area contributed by atoms with E-state index >= 15 is 0 Å². The van der Waals surface area contributed by atoms with Gasteiger partial charge in [0.2, 0.25) is 5.91 Å². The van der Waals surface area contributed by atoms with Crippen molar-refractivity contribution in [2.45, 2.75) is 12.6 Å². The van der Waals surface area contributed by atoms with Crippen LogP contribution in [0.5, 0.6) is 0 Å². The van der Waals surface area contributed by atoms with Crippen LogP contribution in [-0.4, -0.2) is 18.6 Å². The van der Waals surface area contributed by atoms with Gasteiger partial charge >= 0.3 is 6.18 Å².